The molecule has 10 nitrogen and oxygen atoms in total. The predicted octanol–water partition coefficient (Wildman–Crippen LogP) is 1.71. The molecule has 40 heavy (non-hydrogen) atoms. The Morgan fingerprint density at radius 1 is 1.05 bits per heavy atom. The maximum Gasteiger partial charge on any atom is 0.255 e. The molecule has 1 amide bonds. The van der Waals surface area contributed by atoms with Gasteiger partial charge in [-0.1, -0.05) is 47.5 Å². The van der Waals surface area contributed by atoms with Crippen molar-refractivity contribution in [3.8, 4) is 5.75 Å². The van der Waals surface area contributed by atoms with Crippen LogP contribution in [-0.2, 0) is 9.59 Å². The van der Waals surface area contributed by atoms with Gasteiger partial charge in [0, 0.05) is 5.92 Å². The van der Waals surface area contributed by atoms with E-state index in [0.29, 0.717) is 16.7 Å². The molecule has 0 unspecified atom stereocenters. The van der Waals surface area contributed by atoms with Crippen LogP contribution in [0.5, 0.6) is 5.75 Å². The Morgan fingerprint density at radius 2 is 1.68 bits per heavy atom. The lowest BCUT2D eigenvalue weighted by Gasteiger charge is -2.52. The molecule has 0 heterocycles. The average molecular weight is 547 g/mol. The normalized spacial score (nSPS) is 29.0. The standard InChI is InChI=1S/C30H30N2O8/c1-12-8-13(2)10-14(9-12)11-16-15-6-5-7-17(33)18(15)24(34)20-19(16)25(35)22-23(32(3)4)26(36)21(29(31)39)28(38)30(22,40)27(20)37/h5-11,19,22-23,25,33,35-37,40H,1-4H3,(H2,31,39)/b16-11+/t19-,22-,23-,25-,30-/m0/s1. The lowest BCUT2D eigenvalue weighted by Crippen LogP contribution is -2.68. The number of aromatic hydroxyl groups is 1. The first kappa shape index (κ1) is 27.3. The van der Waals surface area contributed by atoms with Crippen LogP contribution in [0, 0.1) is 25.7 Å². The van der Waals surface area contributed by atoms with Gasteiger partial charge in [-0.3, -0.25) is 19.3 Å². The van der Waals surface area contributed by atoms with E-state index in [0.717, 1.165) is 11.1 Å². The van der Waals surface area contributed by atoms with Gasteiger partial charge in [0.1, 0.15) is 22.8 Å². The third-order valence-corrected chi connectivity index (χ3v) is 8.10. The molecule has 2 aromatic carbocycles. The summed E-state index contributed by atoms with van der Waals surface area (Å²) in [5.41, 5.74) is 4.06. The number of hydrogen-bond donors (Lipinski definition) is 6. The van der Waals surface area contributed by atoms with E-state index < -0.39 is 75.5 Å². The Bertz CT molecular complexity index is 1580. The van der Waals surface area contributed by atoms with E-state index in [1.54, 1.807) is 12.1 Å². The minimum absolute atomic E-state index is 0.175. The summed E-state index contributed by atoms with van der Waals surface area (Å²) in [6.07, 6.45) is -0.00347. The molecule has 7 N–H and O–H groups in total. The number of carbonyl (C=O) groups is 3. The van der Waals surface area contributed by atoms with Crippen molar-refractivity contribution in [1.29, 1.82) is 0 Å². The number of aryl methyl sites for hydroxylation is 2. The molecule has 10 heteroatoms. The van der Waals surface area contributed by atoms with Gasteiger partial charge in [-0.2, -0.15) is 0 Å². The number of phenolic OH excluding ortho intramolecular Hbond substituents is 1. The van der Waals surface area contributed by atoms with Crippen molar-refractivity contribution in [1.82, 2.24) is 4.90 Å². The van der Waals surface area contributed by atoms with Gasteiger partial charge in [0.25, 0.3) is 5.91 Å². The van der Waals surface area contributed by atoms with Gasteiger partial charge < -0.3 is 31.3 Å². The van der Waals surface area contributed by atoms with Crippen LogP contribution in [0.2, 0.25) is 0 Å². The minimum atomic E-state index is -2.97. The molecule has 3 aliphatic carbocycles. The molecule has 3 aliphatic rings. The average Bonchev–Trinajstić information content (AvgIpc) is 2.84. The molecule has 5 atom stereocenters. The second kappa shape index (κ2) is 9.16. The van der Waals surface area contributed by atoms with Crippen molar-refractivity contribution in [2.45, 2.75) is 31.6 Å². The van der Waals surface area contributed by atoms with E-state index >= 15 is 0 Å². The van der Waals surface area contributed by atoms with Crippen LogP contribution in [0.4, 0.5) is 0 Å². The number of nitrogens with two attached hydrogens (primary N) is 1. The van der Waals surface area contributed by atoms with Crippen LogP contribution in [-0.4, -0.2) is 79.7 Å². The molecule has 0 bridgehead atoms. The Balaban J connectivity index is 1.88. The highest BCUT2D eigenvalue weighted by Crippen LogP contribution is 2.55. The maximum absolute atomic E-state index is 13.9. The summed E-state index contributed by atoms with van der Waals surface area (Å²) in [6.45, 7) is 3.82. The number of fused-ring (bicyclic) bond motifs is 3. The zero-order chi connectivity index (χ0) is 29.4. The topological polar surface area (TPSA) is 182 Å². The number of hydrogen-bond acceptors (Lipinski definition) is 9. The molecule has 0 saturated carbocycles. The van der Waals surface area contributed by atoms with Crippen LogP contribution in [0.3, 0.4) is 0 Å². The predicted molar refractivity (Wildman–Crippen MR) is 145 cm³/mol. The molecule has 208 valence electrons. The first-order chi connectivity index (χ1) is 18.7. The first-order valence-electron chi connectivity index (χ1n) is 12.7. The molecule has 0 saturated heterocycles. The monoisotopic (exact) mass is 546 g/mol. The van der Waals surface area contributed by atoms with Crippen LogP contribution >= 0.6 is 0 Å². The van der Waals surface area contributed by atoms with Gasteiger partial charge in [0.2, 0.25) is 5.78 Å². The van der Waals surface area contributed by atoms with Crippen LogP contribution < -0.4 is 5.73 Å². The van der Waals surface area contributed by atoms with Gasteiger partial charge in [-0.25, -0.2) is 0 Å². The third-order valence-electron chi connectivity index (χ3n) is 8.10. The van der Waals surface area contributed by atoms with Crippen LogP contribution in [0.25, 0.3) is 11.6 Å². The van der Waals surface area contributed by atoms with Gasteiger partial charge in [0.05, 0.1) is 29.2 Å². The molecule has 2 aromatic rings. The van der Waals surface area contributed by atoms with Crippen molar-refractivity contribution in [2.75, 3.05) is 14.1 Å². The Kier molecular flexibility index (Phi) is 6.25. The van der Waals surface area contributed by atoms with E-state index in [1.165, 1.54) is 31.1 Å². The van der Waals surface area contributed by atoms with Gasteiger partial charge in [-0.05, 0) is 50.7 Å². The number of benzene rings is 2. The highest BCUT2D eigenvalue weighted by atomic mass is 16.4. The number of aliphatic hydroxyl groups is 4. The summed E-state index contributed by atoms with van der Waals surface area (Å²) in [5.74, 6) is -8.77. The Hall–Kier alpha value is -4.25. The fraction of sp³-hybridized carbons (Fsp3) is 0.300. The zero-order valence-electron chi connectivity index (χ0n) is 22.3. The second-order valence-electron chi connectivity index (χ2n) is 10.9. The molecular weight excluding hydrogens is 516 g/mol. The summed E-state index contributed by atoms with van der Waals surface area (Å²) < 4.78 is 0. The van der Waals surface area contributed by atoms with E-state index in [9.17, 15) is 39.9 Å². The first-order valence-corrected chi connectivity index (χ1v) is 12.7. The second-order valence-corrected chi connectivity index (χ2v) is 10.9. The summed E-state index contributed by atoms with van der Waals surface area (Å²) in [7, 11) is 2.98. The molecule has 5 rings (SSSR count). The van der Waals surface area contributed by atoms with Crippen molar-refractivity contribution < 1.29 is 39.9 Å². The Morgan fingerprint density at radius 3 is 2.25 bits per heavy atom. The fourth-order valence-electron chi connectivity index (χ4n) is 6.59. The molecule has 0 aromatic heterocycles. The highest BCUT2D eigenvalue weighted by Gasteiger charge is 2.67. The van der Waals surface area contributed by atoms with E-state index in [-0.39, 0.29) is 5.56 Å². The number of phenols is 1. The molecule has 0 radical (unpaired) electrons. The quantitative estimate of drug-likeness (QED) is 0.312. The lowest BCUT2D eigenvalue weighted by molar-refractivity contribution is -0.159. The number of amides is 1. The number of carbonyl (C=O) groups excluding carboxylic acids is 3. The SMILES string of the molecule is Cc1cc(C)cc(/C=C2\c3cccc(O)c3C(=O)C3=C(O)[C@]4(O)C(=O)C(C(N)=O)=C(O)[C@@H](N(C)C)[C@H]4[C@@H](O)[C@H]32)c1. The fourth-order valence-corrected chi connectivity index (χ4v) is 6.59. The van der Waals surface area contributed by atoms with Crippen LogP contribution in [0.15, 0.2) is 59.1 Å². The largest absolute Gasteiger partial charge is 0.510 e. The zero-order valence-corrected chi connectivity index (χ0v) is 22.3. The Labute approximate surface area is 230 Å². The lowest BCUT2D eigenvalue weighted by atomic mass is 9.56. The maximum atomic E-state index is 13.9. The van der Waals surface area contributed by atoms with Gasteiger partial charge >= 0.3 is 0 Å². The molecular formula is C30H30N2O8. The summed E-state index contributed by atoms with van der Waals surface area (Å²) >= 11 is 0. The van der Waals surface area contributed by atoms with Crippen molar-refractivity contribution in [2.24, 2.45) is 17.6 Å². The molecule has 0 fully saturated rings. The van der Waals surface area contributed by atoms with Crippen molar-refractivity contribution in [3.05, 3.63) is 86.9 Å². The molecule has 0 spiro atoms. The number of rotatable bonds is 3. The summed E-state index contributed by atoms with van der Waals surface area (Å²) in [5, 5.41) is 57.1. The minimum Gasteiger partial charge on any atom is -0.510 e. The molecule has 0 aliphatic heterocycles. The van der Waals surface area contributed by atoms with Crippen molar-refractivity contribution in [3.63, 3.8) is 0 Å². The number of Topliss-reactive ketones (excluding diaryl/α,β-unsaturated/α-hetero) is 2. The number of nitrogens with zero attached hydrogens (tertiary/aromatic N) is 1. The summed E-state index contributed by atoms with van der Waals surface area (Å²) in [6, 6.07) is 8.83. The van der Waals surface area contributed by atoms with E-state index in [4.69, 9.17) is 5.73 Å². The number of primary amides is 1. The van der Waals surface area contributed by atoms with E-state index in [2.05, 4.69) is 0 Å². The number of ketones is 2. The smallest absolute Gasteiger partial charge is 0.255 e. The van der Waals surface area contributed by atoms with Crippen molar-refractivity contribution >= 4 is 29.1 Å². The number of likely N-dealkylation sites (N-methyl/N-ethyl adjacent to an activating group) is 1. The van der Waals surface area contributed by atoms with Gasteiger partial charge in [-0.15, -0.1) is 0 Å². The van der Waals surface area contributed by atoms with E-state index in [1.807, 2.05) is 32.0 Å². The van der Waals surface area contributed by atoms with Crippen LogP contribution in [0.1, 0.15) is 32.6 Å². The highest BCUT2D eigenvalue weighted by molar-refractivity contribution is 6.25. The third kappa shape index (κ3) is 3.64. The number of aliphatic hydroxyl groups excluding tert-OH is 3. The summed E-state index contributed by atoms with van der Waals surface area (Å²) in [4.78, 5) is 41.0. The van der Waals surface area contributed by atoms with Gasteiger partial charge in [0.15, 0.2) is 11.4 Å².